The number of rotatable bonds is 9. The van der Waals surface area contributed by atoms with Crippen LogP contribution in [0.1, 0.15) is 50.8 Å². The van der Waals surface area contributed by atoms with E-state index in [1.54, 1.807) is 16.7 Å². The molecule has 2 aromatic carbocycles. The van der Waals surface area contributed by atoms with Gasteiger partial charge in [-0.05, 0) is 57.4 Å². The van der Waals surface area contributed by atoms with E-state index in [1.165, 1.54) is 0 Å². The van der Waals surface area contributed by atoms with Crippen molar-refractivity contribution in [3.8, 4) is 0 Å². The molecule has 1 atom stereocenters. The second-order valence-corrected chi connectivity index (χ2v) is 10.2. The molecule has 2 rings (SSSR count). The van der Waals surface area contributed by atoms with Crippen LogP contribution in [-0.4, -0.2) is 34.0 Å². The smallest absolute Gasteiger partial charge is 0.243 e. The molecule has 2 amide bonds. The first-order valence-electron chi connectivity index (χ1n) is 10.6. The van der Waals surface area contributed by atoms with E-state index in [9.17, 15) is 9.59 Å². The molecular weight excluding hydrogens is 428 g/mol. The van der Waals surface area contributed by atoms with Crippen LogP contribution in [-0.2, 0) is 21.9 Å². The summed E-state index contributed by atoms with van der Waals surface area (Å²) >= 11 is 7.50. The van der Waals surface area contributed by atoms with E-state index in [-0.39, 0.29) is 17.4 Å². The number of hydrogen-bond acceptors (Lipinski definition) is 3. The van der Waals surface area contributed by atoms with Crippen molar-refractivity contribution in [2.24, 2.45) is 0 Å². The highest BCUT2D eigenvalue weighted by Crippen LogP contribution is 2.19. The summed E-state index contributed by atoms with van der Waals surface area (Å²) in [7, 11) is 0. The standard InChI is InChI=1S/C25H33ClN2O2S/c1-6-22(24(30)27-25(3,4)5)28(15-20-9-7-8-18(2)14-20)23(29)17-31-16-19-10-12-21(26)13-11-19/h7-14,22H,6,15-17H2,1-5H3,(H,27,30)/t22-/m0/s1. The van der Waals surface area contributed by atoms with Crippen LogP contribution in [0.3, 0.4) is 0 Å². The number of nitrogens with one attached hydrogen (secondary N) is 1. The van der Waals surface area contributed by atoms with Crippen LogP contribution < -0.4 is 5.32 Å². The van der Waals surface area contributed by atoms with Crippen molar-refractivity contribution in [1.82, 2.24) is 10.2 Å². The minimum absolute atomic E-state index is 0.0311. The fraction of sp³-hybridized carbons (Fsp3) is 0.440. The Labute approximate surface area is 195 Å². The van der Waals surface area contributed by atoms with Crippen molar-refractivity contribution in [2.45, 2.75) is 64.9 Å². The molecule has 0 aliphatic heterocycles. The third kappa shape index (κ3) is 8.58. The van der Waals surface area contributed by atoms with E-state index in [0.29, 0.717) is 29.5 Å². The zero-order valence-corrected chi connectivity index (χ0v) is 20.6. The second kappa shape index (κ2) is 11.6. The minimum Gasteiger partial charge on any atom is -0.350 e. The lowest BCUT2D eigenvalue weighted by Gasteiger charge is -2.33. The molecule has 0 fully saturated rings. The highest BCUT2D eigenvalue weighted by Gasteiger charge is 2.30. The third-order valence-corrected chi connectivity index (χ3v) is 5.97. The van der Waals surface area contributed by atoms with Crippen LogP contribution in [0.4, 0.5) is 0 Å². The molecular formula is C25H33ClN2O2S. The first-order chi connectivity index (χ1) is 14.6. The average Bonchev–Trinajstić information content (AvgIpc) is 2.68. The quantitative estimate of drug-likeness (QED) is 0.529. The topological polar surface area (TPSA) is 49.4 Å². The van der Waals surface area contributed by atoms with E-state index in [4.69, 9.17) is 11.6 Å². The molecule has 0 bridgehead atoms. The molecule has 0 radical (unpaired) electrons. The molecule has 6 heteroatoms. The summed E-state index contributed by atoms with van der Waals surface area (Å²) in [6, 6.07) is 15.2. The fourth-order valence-electron chi connectivity index (χ4n) is 3.30. The van der Waals surface area contributed by atoms with Crippen molar-refractivity contribution < 1.29 is 9.59 Å². The van der Waals surface area contributed by atoms with Crippen molar-refractivity contribution in [3.63, 3.8) is 0 Å². The Balaban J connectivity index is 2.15. The number of amides is 2. The lowest BCUT2D eigenvalue weighted by molar-refractivity contribution is -0.140. The van der Waals surface area contributed by atoms with Crippen LogP contribution >= 0.6 is 23.4 Å². The van der Waals surface area contributed by atoms with E-state index >= 15 is 0 Å². The van der Waals surface area contributed by atoms with Crippen molar-refractivity contribution >= 4 is 35.2 Å². The zero-order valence-electron chi connectivity index (χ0n) is 19.1. The Bertz CT molecular complexity index is 878. The van der Waals surface area contributed by atoms with Gasteiger partial charge in [-0.3, -0.25) is 9.59 Å². The van der Waals surface area contributed by atoms with Crippen LogP contribution in [0.25, 0.3) is 0 Å². The van der Waals surface area contributed by atoms with Crippen molar-refractivity contribution in [3.05, 3.63) is 70.2 Å². The maximum atomic E-state index is 13.3. The summed E-state index contributed by atoms with van der Waals surface area (Å²) < 4.78 is 0. The number of thioether (sulfide) groups is 1. The molecule has 0 heterocycles. The molecule has 0 aliphatic carbocycles. The maximum Gasteiger partial charge on any atom is 0.243 e. The Kier molecular flexibility index (Phi) is 9.45. The van der Waals surface area contributed by atoms with Crippen LogP contribution in [0.2, 0.25) is 5.02 Å². The highest BCUT2D eigenvalue weighted by molar-refractivity contribution is 7.99. The fourth-order valence-corrected chi connectivity index (χ4v) is 4.30. The molecule has 0 aliphatic rings. The molecule has 0 aromatic heterocycles. The summed E-state index contributed by atoms with van der Waals surface area (Å²) in [5.74, 6) is 0.884. The van der Waals surface area contributed by atoms with Gasteiger partial charge in [0.15, 0.2) is 0 Å². The lowest BCUT2D eigenvalue weighted by Crippen LogP contribution is -2.53. The van der Waals surface area contributed by atoms with Gasteiger partial charge in [0.2, 0.25) is 11.8 Å². The Morgan fingerprint density at radius 1 is 1.10 bits per heavy atom. The molecule has 4 nitrogen and oxygen atoms in total. The van der Waals surface area contributed by atoms with Gasteiger partial charge in [-0.25, -0.2) is 0 Å². The molecule has 0 unspecified atom stereocenters. The lowest BCUT2D eigenvalue weighted by atomic mass is 10.1. The Morgan fingerprint density at radius 3 is 2.35 bits per heavy atom. The Morgan fingerprint density at radius 2 is 1.77 bits per heavy atom. The summed E-state index contributed by atoms with van der Waals surface area (Å²) in [5.41, 5.74) is 2.92. The van der Waals surface area contributed by atoms with E-state index in [1.807, 2.05) is 77.1 Å². The average molecular weight is 461 g/mol. The zero-order chi connectivity index (χ0) is 23.0. The molecule has 0 saturated carbocycles. The molecule has 0 saturated heterocycles. The van der Waals surface area contributed by atoms with E-state index in [2.05, 4.69) is 11.4 Å². The summed E-state index contributed by atoms with van der Waals surface area (Å²) in [4.78, 5) is 28.0. The number of carbonyl (C=O) groups excluding carboxylic acids is 2. The molecule has 2 aromatic rings. The van der Waals surface area contributed by atoms with Gasteiger partial charge in [0, 0.05) is 22.9 Å². The Hall–Kier alpha value is -1.98. The van der Waals surface area contributed by atoms with Gasteiger partial charge >= 0.3 is 0 Å². The van der Waals surface area contributed by atoms with Crippen molar-refractivity contribution in [2.75, 3.05) is 5.75 Å². The first kappa shape index (κ1) is 25.3. The number of nitrogens with zero attached hydrogens (tertiary/aromatic N) is 1. The van der Waals surface area contributed by atoms with Crippen LogP contribution in [0.15, 0.2) is 48.5 Å². The van der Waals surface area contributed by atoms with Crippen LogP contribution in [0.5, 0.6) is 0 Å². The molecule has 168 valence electrons. The van der Waals surface area contributed by atoms with Crippen LogP contribution in [0, 0.1) is 6.92 Å². The van der Waals surface area contributed by atoms with Crippen molar-refractivity contribution in [1.29, 1.82) is 0 Å². The predicted octanol–water partition coefficient (Wildman–Crippen LogP) is 5.60. The van der Waals surface area contributed by atoms with E-state index in [0.717, 1.165) is 16.7 Å². The minimum atomic E-state index is -0.511. The summed E-state index contributed by atoms with van der Waals surface area (Å²) in [6.07, 6.45) is 0.557. The van der Waals surface area contributed by atoms with Gasteiger partial charge in [0.25, 0.3) is 0 Å². The summed E-state index contributed by atoms with van der Waals surface area (Å²) in [6.45, 7) is 10.2. The maximum absolute atomic E-state index is 13.3. The largest absolute Gasteiger partial charge is 0.350 e. The summed E-state index contributed by atoms with van der Waals surface area (Å²) in [5, 5.41) is 3.74. The second-order valence-electron chi connectivity index (χ2n) is 8.79. The van der Waals surface area contributed by atoms with Gasteiger partial charge < -0.3 is 10.2 Å². The van der Waals surface area contributed by atoms with Gasteiger partial charge in [-0.2, -0.15) is 0 Å². The molecule has 1 N–H and O–H groups in total. The normalized spacial score (nSPS) is 12.3. The van der Waals surface area contributed by atoms with Gasteiger partial charge in [0.1, 0.15) is 6.04 Å². The predicted molar refractivity (Wildman–Crippen MR) is 131 cm³/mol. The number of benzene rings is 2. The number of carbonyl (C=O) groups is 2. The monoisotopic (exact) mass is 460 g/mol. The van der Waals surface area contributed by atoms with Gasteiger partial charge in [-0.1, -0.05) is 60.5 Å². The third-order valence-electron chi connectivity index (χ3n) is 4.73. The van der Waals surface area contributed by atoms with Gasteiger partial charge in [0.05, 0.1) is 5.75 Å². The van der Waals surface area contributed by atoms with Gasteiger partial charge in [-0.15, -0.1) is 11.8 Å². The highest BCUT2D eigenvalue weighted by atomic mass is 35.5. The number of hydrogen-bond donors (Lipinski definition) is 1. The SMILES string of the molecule is CC[C@@H](C(=O)NC(C)(C)C)N(Cc1cccc(C)c1)C(=O)CSCc1ccc(Cl)cc1. The number of aryl methyl sites for hydroxylation is 1. The first-order valence-corrected chi connectivity index (χ1v) is 12.1. The molecule has 31 heavy (non-hydrogen) atoms. The van der Waals surface area contributed by atoms with E-state index < -0.39 is 6.04 Å². The number of halogens is 1. The molecule has 0 spiro atoms.